The topological polar surface area (TPSA) is 48.9 Å². The summed E-state index contributed by atoms with van der Waals surface area (Å²) in [6.45, 7) is 4.92. The van der Waals surface area contributed by atoms with Crippen molar-refractivity contribution < 1.29 is 9.13 Å². The predicted octanol–water partition coefficient (Wildman–Crippen LogP) is 3.83. The van der Waals surface area contributed by atoms with Crippen LogP contribution in [0.15, 0.2) is 47.5 Å². The van der Waals surface area contributed by atoms with Gasteiger partial charge in [-0.1, -0.05) is 30.3 Å². The molecule has 5 nitrogen and oxygen atoms in total. The molecule has 0 spiro atoms. The fourth-order valence-electron chi connectivity index (χ4n) is 4.54. The fraction of sp³-hybridized carbons (Fsp3) is 0.480. The maximum Gasteiger partial charge on any atom is 0.191 e. The van der Waals surface area contributed by atoms with Gasteiger partial charge in [0.2, 0.25) is 0 Å². The first-order valence-electron chi connectivity index (χ1n) is 11.2. The van der Waals surface area contributed by atoms with Gasteiger partial charge >= 0.3 is 0 Å². The van der Waals surface area contributed by atoms with Crippen LogP contribution in [0.4, 0.5) is 4.39 Å². The Morgan fingerprint density at radius 2 is 1.94 bits per heavy atom. The van der Waals surface area contributed by atoms with Gasteiger partial charge in [-0.15, -0.1) is 0 Å². The SMILES string of the molecule is CN=C(NC1CCN(Cc2ccc(OC)c(F)c2)CC1)NC1CC1c1ccccc1C. The molecule has 0 bridgehead atoms. The molecule has 2 fully saturated rings. The number of aryl methyl sites for hydroxylation is 1. The van der Waals surface area contributed by atoms with Gasteiger partial charge in [0.05, 0.1) is 7.11 Å². The molecule has 1 saturated heterocycles. The summed E-state index contributed by atoms with van der Waals surface area (Å²) in [5, 5.41) is 7.21. The Balaban J connectivity index is 1.23. The molecule has 166 valence electrons. The Bertz CT molecular complexity index is 923. The van der Waals surface area contributed by atoms with E-state index < -0.39 is 0 Å². The quantitative estimate of drug-likeness (QED) is 0.547. The highest BCUT2D eigenvalue weighted by molar-refractivity contribution is 5.80. The standard InChI is InChI=1S/C25H33FN4O/c1-17-6-4-5-7-20(17)21-15-23(21)29-25(27-2)28-19-10-12-30(13-11-19)16-18-8-9-24(31-3)22(26)14-18/h4-9,14,19,21,23H,10-13,15-16H2,1-3H3,(H2,27,28,29). The second-order valence-corrected chi connectivity index (χ2v) is 8.69. The third kappa shape index (κ3) is 5.37. The second kappa shape index (κ2) is 9.69. The summed E-state index contributed by atoms with van der Waals surface area (Å²) < 4.78 is 18.9. The molecule has 31 heavy (non-hydrogen) atoms. The van der Waals surface area contributed by atoms with Gasteiger partial charge in [-0.25, -0.2) is 4.39 Å². The van der Waals surface area contributed by atoms with E-state index in [1.165, 1.54) is 18.2 Å². The molecule has 1 heterocycles. The number of rotatable bonds is 6. The van der Waals surface area contributed by atoms with Crippen LogP contribution in [0.25, 0.3) is 0 Å². The Kier molecular flexibility index (Phi) is 6.76. The normalized spacial score (nSPS) is 22.3. The van der Waals surface area contributed by atoms with Crippen molar-refractivity contribution in [1.29, 1.82) is 0 Å². The fourth-order valence-corrected chi connectivity index (χ4v) is 4.54. The summed E-state index contributed by atoms with van der Waals surface area (Å²) >= 11 is 0. The first-order valence-corrected chi connectivity index (χ1v) is 11.2. The van der Waals surface area contributed by atoms with Crippen LogP contribution in [0.3, 0.4) is 0 Å². The van der Waals surface area contributed by atoms with Gasteiger partial charge in [-0.3, -0.25) is 9.89 Å². The van der Waals surface area contributed by atoms with E-state index in [0.717, 1.165) is 50.4 Å². The van der Waals surface area contributed by atoms with Gasteiger partial charge in [-0.2, -0.15) is 0 Å². The Labute approximate surface area is 184 Å². The van der Waals surface area contributed by atoms with Gasteiger partial charge in [-0.05, 0) is 55.0 Å². The van der Waals surface area contributed by atoms with Gasteiger partial charge in [0.15, 0.2) is 17.5 Å². The van der Waals surface area contributed by atoms with E-state index in [1.54, 1.807) is 12.1 Å². The van der Waals surface area contributed by atoms with Crippen LogP contribution in [0.2, 0.25) is 0 Å². The smallest absolute Gasteiger partial charge is 0.191 e. The molecule has 1 aliphatic carbocycles. The van der Waals surface area contributed by atoms with Crippen molar-refractivity contribution in [2.45, 2.75) is 50.7 Å². The number of hydrogen-bond donors (Lipinski definition) is 2. The van der Waals surface area contributed by atoms with Gasteiger partial charge in [0.1, 0.15) is 0 Å². The molecular weight excluding hydrogens is 391 g/mol. The minimum absolute atomic E-state index is 0.296. The van der Waals surface area contributed by atoms with Crippen LogP contribution in [-0.4, -0.2) is 50.2 Å². The minimum atomic E-state index is -0.296. The van der Waals surface area contributed by atoms with Crippen molar-refractivity contribution in [3.8, 4) is 5.75 Å². The molecular formula is C25H33FN4O. The van der Waals surface area contributed by atoms with Crippen LogP contribution in [0.5, 0.6) is 5.75 Å². The second-order valence-electron chi connectivity index (χ2n) is 8.69. The molecule has 2 aromatic carbocycles. The lowest BCUT2D eigenvalue weighted by Gasteiger charge is -2.33. The van der Waals surface area contributed by atoms with Gasteiger partial charge < -0.3 is 15.4 Å². The van der Waals surface area contributed by atoms with Crippen molar-refractivity contribution >= 4 is 5.96 Å². The van der Waals surface area contributed by atoms with E-state index in [1.807, 2.05) is 13.1 Å². The summed E-state index contributed by atoms with van der Waals surface area (Å²) in [5.41, 5.74) is 3.79. The van der Waals surface area contributed by atoms with Crippen molar-refractivity contribution in [2.24, 2.45) is 4.99 Å². The summed E-state index contributed by atoms with van der Waals surface area (Å²) in [6, 6.07) is 14.7. The average molecular weight is 425 g/mol. The third-order valence-corrected chi connectivity index (χ3v) is 6.47. The zero-order valence-electron chi connectivity index (χ0n) is 18.7. The minimum Gasteiger partial charge on any atom is -0.494 e. The third-order valence-electron chi connectivity index (χ3n) is 6.47. The predicted molar refractivity (Wildman–Crippen MR) is 123 cm³/mol. The summed E-state index contributed by atoms with van der Waals surface area (Å²) in [4.78, 5) is 6.83. The highest BCUT2D eigenvalue weighted by Crippen LogP contribution is 2.42. The molecule has 1 saturated carbocycles. The zero-order valence-corrected chi connectivity index (χ0v) is 18.7. The first kappa shape index (κ1) is 21.6. The molecule has 6 heteroatoms. The van der Waals surface area contributed by atoms with Crippen molar-refractivity contribution in [2.75, 3.05) is 27.2 Å². The van der Waals surface area contributed by atoms with E-state index in [-0.39, 0.29) is 5.82 Å². The van der Waals surface area contributed by atoms with Crippen LogP contribution in [0.1, 0.15) is 41.9 Å². The molecule has 4 rings (SSSR count). The van der Waals surface area contributed by atoms with Gasteiger partial charge in [0, 0.05) is 44.7 Å². The number of ether oxygens (including phenoxy) is 1. The monoisotopic (exact) mass is 424 g/mol. The van der Waals surface area contributed by atoms with E-state index in [0.29, 0.717) is 23.8 Å². The lowest BCUT2D eigenvalue weighted by atomic mass is 10.0. The Hall–Kier alpha value is -2.60. The first-order chi connectivity index (χ1) is 15.1. The largest absolute Gasteiger partial charge is 0.494 e. The molecule has 2 atom stereocenters. The molecule has 1 aliphatic heterocycles. The number of nitrogens with zero attached hydrogens (tertiary/aromatic N) is 2. The maximum atomic E-state index is 13.9. The van der Waals surface area contributed by atoms with Crippen molar-refractivity contribution in [1.82, 2.24) is 15.5 Å². The van der Waals surface area contributed by atoms with E-state index >= 15 is 0 Å². The van der Waals surface area contributed by atoms with E-state index in [2.05, 4.69) is 51.7 Å². The Morgan fingerprint density at radius 3 is 2.61 bits per heavy atom. The molecule has 2 unspecified atom stereocenters. The highest BCUT2D eigenvalue weighted by Gasteiger charge is 2.39. The summed E-state index contributed by atoms with van der Waals surface area (Å²) in [7, 11) is 3.33. The number of aliphatic imine (C=N–C) groups is 1. The lowest BCUT2D eigenvalue weighted by molar-refractivity contribution is 0.198. The Morgan fingerprint density at radius 1 is 1.16 bits per heavy atom. The van der Waals surface area contributed by atoms with Gasteiger partial charge in [0.25, 0.3) is 0 Å². The zero-order chi connectivity index (χ0) is 21.8. The molecule has 2 aliphatic rings. The van der Waals surface area contributed by atoms with E-state index in [4.69, 9.17) is 4.74 Å². The average Bonchev–Trinajstić information content (AvgIpc) is 3.54. The van der Waals surface area contributed by atoms with Crippen LogP contribution >= 0.6 is 0 Å². The molecule has 0 aromatic heterocycles. The number of hydrogen-bond acceptors (Lipinski definition) is 3. The number of guanidine groups is 1. The lowest BCUT2D eigenvalue weighted by Crippen LogP contribution is -2.49. The number of methoxy groups -OCH3 is 1. The van der Waals surface area contributed by atoms with E-state index in [9.17, 15) is 4.39 Å². The number of piperidine rings is 1. The number of nitrogens with one attached hydrogen (secondary N) is 2. The van der Waals surface area contributed by atoms with Crippen molar-refractivity contribution in [3.05, 3.63) is 65.0 Å². The summed E-state index contributed by atoms with van der Waals surface area (Å²) in [6.07, 6.45) is 3.25. The summed E-state index contributed by atoms with van der Waals surface area (Å²) in [5.74, 6) is 1.48. The number of halogens is 1. The molecule has 0 amide bonds. The van der Waals surface area contributed by atoms with Crippen LogP contribution in [0, 0.1) is 12.7 Å². The highest BCUT2D eigenvalue weighted by atomic mass is 19.1. The molecule has 2 N–H and O–H groups in total. The van der Waals surface area contributed by atoms with Crippen LogP contribution < -0.4 is 15.4 Å². The number of likely N-dealkylation sites (tertiary alicyclic amines) is 1. The molecule has 0 radical (unpaired) electrons. The van der Waals surface area contributed by atoms with Crippen molar-refractivity contribution in [3.63, 3.8) is 0 Å². The molecule has 2 aromatic rings. The van der Waals surface area contributed by atoms with Crippen LogP contribution in [-0.2, 0) is 6.54 Å². The maximum absolute atomic E-state index is 13.9. The number of benzene rings is 2.